The Morgan fingerprint density at radius 1 is 0.969 bits per heavy atom. The molecule has 170 valence electrons. The molecule has 2 aromatic carbocycles. The molecule has 0 unspecified atom stereocenters. The number of sulfonamides is 1. The van der Waals surface area contributed by atoms with E-state index in [0.717, 1.165) is 5.56 Å². The van der Waals surface area contributed by atoms with Gasteiger partial charge in [0.15, 0.2) is 5.58 Å². The van der Waals surface area contributed by atoms with Crippen molar-refractivity contribution in [2.45, 2.75) is 37.6 Å². The summed E-state index contributed by atoms with van der Waals surface area (Å²) in [5, 5.41) is 0. The Hall–Kier alpha value is -2.91. The normalized spacial score (nSPS) is 15.9. The lowest BCUT2D eigenvalue weighted by Crippen LogP contribution is -2.51. The molecule has 8 nitrogen and oxygen atoms in total. The highest BCUT2D eigenvalue weighted by Gasteiger charge is 2.30. The summed E-state index contributed by atoms with van der Waals surface area (Å²) in [7, 11) is -3.63. The molecule has 0 saturated carbocycles. The zero-order valence-corrected chi connectivity index (χ0v) is 19.3. The standard InChI is InChI=1S/C23H27N3O5S/c1-23(2,3)17-8-10-18(11-9-17)32(29,30)25-14-12-24(13-15-25)21(27)16-26-19-6-4-5-7-20(19)31-22(26)28/h4-11H,12-16H2,1-3H3. The van der Waals surface area contributed by atoms with Crippen LogP contribution in [-0.4, -0.2) is 54.3 Å². The molecule has 0 radical (unpaired) electrons. The molecular weight excluding hydrogens is 430 g/mol. The molecule has 3 aromatic rings. The number of para-hydroxylation sites is 2. The van der Waals surface area contributed by atoms with E-state index in [0.29, 0.717) is 11.1 Å². The summed E-state index contributed by atoms with van der Waals surface area (Å²) in [6.45, 7) is 7.03. The van der Waals surface area contributed by atoms with Gasteiger partial charge in [-0.25, -0.2) is 13.2 Å². The van der Waals surface area contributed by atoms with Crippen LogP contribution >= 0.6 is 0 Å². The van der Waals surface area contributed by atoms with Crippen molar-refractivity contribution in [1.29, 1.82) is 0 Å². The van der Waals surface area contributed by atoms with Gasteiger partial charge in [-0.15, -0.1) is 0 Å². The van der Waals surface area contributed by atoms with Crippen molar-refractivity contribution in [1.82, 2.24) is 13.8 Å². The zero-order valence-electron chi connectivity index (χ0n) is 18.4. The molecule has 0 N–H and O–H groups in total. The maximum Gasteiger partial charge on any atom is 0.420 e. The first-order valence-electron chi connectivity index (χ1n) is 10.5. The molecule has 1 fully saturated rings. The highest BCUT2D eigenvalue weighted by Crippen LogP contribution is 2.25. The molecule has 32 heavy (non-hydrogen) atoms. The lowest BCUT2D eigenvalue weighted by molar-refractivity contribution is -0.133. The molecule has 2 heterocycles. The molecule has 4 rings (SSSR count). The number of fused-ring (bicyclic) bond motifs is 1. The predicted molar refractivity (Wildman–Crippen MR) is 121 cm³/mol. The topological polar surface area (TPSA) is 92.8 Å². The van der Waals surface area contributed by atoms with E-state index in [2.05, 4.69) is 20.8 Å². The number of piperazine rings is 1. The molecule has 0 spiro atoms. The lowest BCUT2D eigenvalue weighted by Gasteiger charge is -2.34. The average Bonchev–Trinajstić information content (AvgIpc) is 3.08. The van der Waals surface area contributed by atoms with E-state index < -0.39 is 15.8 Å². The van der Waals surface area contributed by atoms with Crippen LogP contribution < -0.4 is 5.76 Å². The highest BCUT2D eigenvalue weighted by atomic mass is 32.2. The number of hydrogen-bond donors (Lipinski definition) is 0. The molecular formula is C23H27N3O5S. The van der Waals surface area contributed by atoms with Crippen LogP contribution in [-0.2, 0) is 26.8 Å². The number of carbonyl (C=O) groups excluding carboxylic acids is 1. The maximum atomic E-state index is 13.0. The maximum absolute atomic E-state index is 13.0. The summed E-state index contributed by atoms with van der Waals surface area (Å²) in [5.41, 5.74) is 2.00. The van der Waals surface area contributed by atoms with Crippen molar-refractivity contribution >= 4 is 27.0 Å². The minimum absolute atomic E-state index is 0.0590. The highest BCUT2D eigenvalue weighted by molar-refractivity contribution is 7.89. The number of carbonyl (C=O) groups is 1. The second-order valence-electron chi connectivity index (χ2n) is 8.98. The van der Waals surface area contributed by atoms with Crippen LogP contribution in [0.3, 0.4) is 0 Å². The zero-order chi connectivity index (χ0) is 23.1. The molecule has 1 amide bonds. The second kappa shape index (κ2) is 8.22. The Kier molecular flexibility index (Phi) is 5.72. The fraction of sp³-hybridized carbons (Fsp3) is 0.391. The molecule has 0 aliphatic carbocycles. The smallest absolute Gasteiger partial charge is 0.408 e. The Morgan fingerprint density at radius 3 is 2.22 bits per heavy atom. The first kappa shape index (κ1) is 22.3. The van der Waals surface area contributed by atoms with Crippen molar-refractivity contribution < 1.29 is 17.6 Å². The SMILES string of the molecule is CC(C)(C)c1ccc(S(=O)(=O)N2CCN(C(=O)Cn3c(=O)oc4ccccc43)CC2)cc1. The Bertz CT molecular complexity index is 1290. The molecule has 1 saturated heterocycles. The third-order valence-electron chi connectivity index (χ3n) is 5.82. The predicted octanol–water partition coefficient (Wildman–Crippen LogP) is 2.43. The van der Waals surface area contributed by atoms with E-state index >= 15 is 0 Å². The number of amides is 1. The van der Waals surface area contributed by atoms with E-state index in [1.54, 1.807) is 41.3 Å². The van der Waals surface area contributed by atoms with Crippen molar-refractivity contribution in [3.8, 4) is 0 Å². The van der Waals surface area contributed by atoms with Gasteiger partial charge < -0.3 is 9.32 Å². The van der Waals surface area contributed by atoms with Gasteiger partial charge in [-0.05, 0) is 35.2 Å². The molecule has 1 aliphatic rings. The quantitative estimate of drug-likeness (QED) is 0.600. The molecule has 0 bridgehead atoms. The number of nitrogens with zero attached hydrogens (tertiary/aromatic N) is 3. The second-order valence-corrected chi connectivity index (χ2v) is 10.9. The third-order valence-corrected chi connectivity index (χ3v) is 7.73. The van der Waals surface area contributed by atoms with Crippen LogP contribution in [0, 0.1) is 0 Å². The molecule has 0 atom stereocenters. The van der Waals surface area contributed by atoms with Crippen LogP contribution in [0.15, 0.2) is 62.6 Å². The van der Waals surface area contributed by atoms with Crippen molar-refractivity contribution in [3.63, 3.8) is 0 Å². The Balaban J connectivity index is 1.42. The fourth-order valence-electron chi connectivity index (χ4n) is 3.85. The van der Waals surface area contributed by atoms with Crippen molar-refractivity contribution in [2.75, 3.05) is 26.2 Å². The van der Waals surface area contributed by atoms with Crippen molar-refractivity contribution in [3.05, 3.63) is 64.6 Å². The number of hydrogen-bond acceptors (Lipinski definition) is 5. The van der Waals surface area contributed by atoms with Crippen LogP contribution in [0.4, 0.5) is 0 Å². The van der Waals surface area contributed by atoms with Gasteiger partial charge in [-0.3, -0.25) is 9.36 Å². The Morgan fingerprint density at radius 2 is 1.59 bits per heavy atom. The van der Waals surface area contributed by atoms with E-state index in [4.69, 9.17) is 4.42 Å². The first-order chi connectivity index (χ1) is 15.1. The van der Waals surface area contributed by atoms with Gasteiger partial charge in [0, 0.05) is 26.2 Å². The minimum Gasteiger partial charge on any atom is -0.408 e. The Labute approximate surface area is 187 Å². The number of rotatable bonds is 4. The van der Waals surface area contributed by atoms with Gasteiger partial charge in [-0.1, -0.05) is 45.0 Å². The fourth-order valence-corrected chi connectivity index (χ4v) is 5.27. The van der Waals surface area contributed by atoms with Gasteiger partial charge in [0.2, 0.25) is 15.9 Å². The monoisotopic (exact) mass is 457 g/mol. The number of aromatic nitrogens is 1. The van der Waals surface area contributed by atoms with Crippen LogP contribution in [0.1, 0.15) is 26.3 Å². The molecule has 1 aliphatic heterocycles. The van der Waals surface area contributed by atoms with Crippen LogP contribution in [0.25, 0.3) is 11.1 Å². The van der Waals surface area contributed by atoms with Gasteiger partial charge >= 0.3 is 5.76 Å². The van der Waals surface area contributed by atoms with Crippen LogP contribution in [0.5, 0.6) is 0 Å². The van der Waals surface area contributed by atoms with E-state index in [-0.39, 0.29) is 48.9 Å². The molecule has 9 heteroatoms. The summed E-state index contributed by atoms with van der Waals surface area (Å²) < 4.78 is 34.0. The summed E-state index contributed by atoms with van der Waals surface area (Å²) >= 11 is 0. The van der Waals surface area contributed by atoms with Gasteiger partial charge in [-0.2, -0.15) is 4.31 Å². The summed E-state index contributed by atoms with van der Waals surface area (Å²) in [4.78, 5) is 26.7. The summed E-state index contributed by atoms with van der Waals surface area (Å²) in [6.07, 6.45) is 0. The summed E-state index contributed by atoms with van der Waals surface area (Å²) in [6, 6.07) is 13.9. The van der Waals surface area contributed by atoms with E-state index in [9.17, 15) is 18.0 Å². The number of benzene rings is 2. The van der Waals surface area contributed by atoms with E-state index in [1.165, 1.54) is 8.87 Å². The average molecular weight is 458 g/mol. The van der Waals surface area contributed by atoms with Gasteiger partial charge in [0.05, 0.1) is 10.4 Å². The summed E-state index contributed by atoms with van der Waals surface area (Å²) in [5.74, 6) is -0.829. The number of oxazole rings is 1. The van der Waals surface area contributed by atoms with Gasteiger partial charge in [0.25, 0.3) is 0 Å². The first-order valence-corrected chi connectivity index (χ1v) is 12.0. The molecule has 1 aromatic heterocycles. The van der Waals surface area contributed by atoms with E-state index in [1.807, 2.05) is 12.1 Å². The third kappa shape index (κ3) is 4.22. The van der Waals surface area contributed by atoms with Crippen LogP contribution in [0.2, 0.25) is 0 Å². The minimum atomic E-state index is -3.63. The largest absolute Gasteiger partial charge is 0.420 e. The van der Waals surface area contributed by atoms with Crippen molar-refractivity contribution in [2.24, 2.45) is 0 Å². The lowest BCUT2D eigenvalue weighted by atomic mass is 9.87. The van der Waals surface area contributed by atoms with Gasteiger partial charge in [0.1, 0.15) is 6.54 Å².